The lowest BCUT2D eigenvalue weighted by molar-refractivity contribution is 0.0887. The summed E-state index contributed by atoms with van der Waals surface area (Å²) in [5.41, 5.74) is 9.20. The quantitative estimate of drug-likeness (QED) is 0.652. The fraction of sp³-hybridized carbons (Fsp3) is 0.471. The van der Waals surface area contributed by atoms with E-state index in [0.29, 0.717) is 12.3 Å². The van der Waals surface area contributed by atoms with Crippen LogP contribution in [0.15, 0.2) is 18.2 Å². The minimum atomic E-state index is -1.09. The Balaban J connectivity index is 2.31. The molecule has 0 saturated carbocycles. The first-order chi connectivity index (χ1) is 10.2. The van der Waals surface area contributed by atoms with Gasteiger partial charge in [-0.05, 0) is 37.6 Å². The Morgan fingerprint density at radius 2 is 1.95 bits per heavy atom. The van der Waals surface area contributed by atoms with Gasteiger partial charge in [0.25, 0.3) is 5.91 Å². The van der Waals surface area contributed by atoms with E-state index in [0.717, 1.165) is 34.8 Å². The van der Waals surface area contributed by atoms with Gasteiger partial charge < -0.3 is 15.0 Å². The fourth-order valence-electron chi connectivity index (χ4n) is 2.54. The lowest BCUT2D eigenvalue weighted by Gasteiger charge is -2.17. The third-order valence-electron chi connectivity index (χ3n) is 3.97. The summed E-state index contributed by atoms with van der Waals surface area (Å²) >= 11 is 0. The number of aryl methyl sites for hydroxylation is 2. The van der Waals surface area contributed by atoms with Crippen LogP contribution in [0.4, 0.5) is 0 Å². The van der Waals surface area contributed by atoms with Crippen molar-refractivity contribution in [2.45, 2.75) is 46.3 Å². The number of primary amides is 1. The molecule has 0 saturated heterocycles. The molecular formula is C17H26N2O2Si. The van der Waals surface area contributed by atoms with Crippen molar-refractivity contribution in [3.05, 3.63) is 35.0 Å². The van der Waals surface area contributed by atoms with Crippen LogP contribution in [0.2, 0.25) is 25.7 Å². The van der Waals surface area contributed by atoms with Crippen LogP contribution in [0.1, 0.15) is 21.6 Å². The van der Waals surface area contributed by atoms with Crippen LogP contribution in [0, 0.1) is 13.8 Å². The predicted molar refractivity (Wildman–Crippen MR) is 94.0 cm³/mol. The van der Waals surface area contributed by atoms with E-state index < -0.39 is 14.0 Å². The van der Waals surface area contributed by atoms with E-state index in [4.69, 9.17) is 10.5 Å². The molecule has 0 atom stereocenters. The van der Waals surface area contributed by atoms with Crippen LogP contribution in [-0.2, 0) is 11.5 Å². The standard InChI is InChI=1S/C17H26N2O2Si/c1-12-6-7-14(17(18)20)16-15(12)10-13(2)19(16)11-21-8-9-22(3,4)5/h6-7,10H,8-9,11H2,1-5H3,(H2,18,20). The summed E-state index contributed by atoms with van der Waals surface area (Å²) in [5, 5.41) is 1.07. The second-order valence-electron chi connectivity index (χ2n) is 7.12. The highest BCUT2D eigenvalue weighted by molar-refractivity contribution is 6.76. The maximum atomic E-state index is 11.7. The van der Waals surface area contributed by atoms with E-state index in [9.17, 15) is 4.79 Å². The summed E-state index contributed by atoms with van der Waals surface area (Å²) in [6, 6.07) is 6.97. The van der Waals surface area contributed by atoms with Gasteiger partial charge >= 0.3 is 0 Å². The van der Waals surface area contributed by atoms with Crippen LogP contribution in [0.25, 0.3) is 10.9 Å². The maximum Gasteiger partial charge on any atom is 0.250 e. The number of aromatic nitrogens is 1. The summed E-state index contributed by atoms with van der Waals surface area (Å²) in [4.78, 5) is 11.7. The highest BCUT2D eigenvalue weighted by Gasteiger charge is 2.16. The number of hydrogen-bond donors (Lipinski definition) is 1. The zero-order valence-corrected chi connectivity index (χ0v) is 15.2. The minimum Gasteiger partial charge on any atom is -0.366 e. The third kappa shape index (κ3) is 3.59. The summed E-state index contributed by atoms with van der Waals surface area (Å²) < 4.78 is 7.91. The highest BCUT2D eigenvalue weighted by atomic mass is 28.3. The molecule has 0 aliphatic heterocycles. The second-order valence-corrected chi connectivity index (χ2v) is 12.7. The Morgan fingerprint density at radius 3 is 2.55 bits per heavy atom. The number of benzene rings is 1. The van der Waals surface area contributed by atoms with E-state index >= 15 is 0 Å². The Hall–Kier alpha value is -1.59. The first kappa shape index (κ1) is 16.8. The van der Waals surface area contributed by atoms with Crippen LogP contribution < -0.4 is 5.73 Å². The SMILES string of the molecule is Cc1ccc(C(N)=O)c2c1cc(C)n2COCC[Si](C)(C)C. The van der Waals surface area contributed by atoms with Crippen LogP contribution >= 0.6 is 0 Å². The Bertz CT molecular complexity index is 699. The van der Waals surface area contributed by atoms with E-state index in [-0.39, 0.29) is 0 Å². The number of ether oxygens (including phenoxy) is 1. The van der Waals surface area contributed by atoms with Gasteiger partial charge in [-0.2, -0.15) is 0 Å². The molecule has 0 bridgehead atoms. The number of nitrogens with zero attached hydrogens (tertiary/aromatic N) is 1. The fourth-order valence-corrected chi connectivity index (χ4v) is 3.30. The maximum absolute atomic E-state index is 11.7. The molecule has 0 aliphatic rings. The smallest absolute Gasteiger partial charge is 0.250 e. The largest absolute Gasteiger partial charge is 0.366 e. The molecule has 2 rings (SSSR count). The van der Waals surface area contributed by atoms with Crippen LogP contribution in [0.3, 0.4) is 0 Å². The monoisotopic (exact) mass is 318 g/mol. The zero-order chi connectivity index (χ0) is 16.5. The summed E-state index contributed by atoms with van der Waals surface area (Å²) in [5.74, 6) is -0.397. The van der Waals surface area contributed by atoms with E-state index in [1.807, 2.05) is 24.5 Å². The number of fused-ring (bicyclic) bond motifs is 1. The second kappa shape index (κ2) is 6.26. The molecular weight excluding hydrogens is 292 g/mol. The Morgan fingerprint density at radius 1 is 1.27 bits per heavy atom. The van der Waals surface area contributed by atoms with Gasteiger partial charge in [0, 0.05) is 25.8 Å². The molecule has 0 spiro atoms. The molecule has 1 aromatic heterocycles. The molecule has 5 heteroatoms. The van der Waals surface area contributed by atoms with Crippen molar-refractivity contribution < 1.29 is 9.53 Å². The van der Waals surface area contributed by atoms with Gasteiger partial charge in [0.2, 0.25) is 0 Å². The Labute approximate surface area is 133 Å². The molecule has 1 aromatic carbocycles. The zero-order valence-electron chi connectivity index (χ0n) is 14.2. The van der Waals surface area contributed by atoms with Crippen molar-refractivity contribution in [1.82, 2.24) is 4.57 Å². The average Bonchev–Trinajstić information content (AvgIpc) is 2.72. The number of rotatable bonds is 6. The third-order valence-corrected chi connectivity index (χ3v) is 5.67. The normalized spacial score (nSPS) is 12.0. The van der Waals surface area contributed by atoms with Crippen molar-refractivity contribution in [2.75, 3.05) is 6.61 Å². The minimum absolute atomic E-state index is 0.397. The number of hydrogen-bond acceptors (Lipinski definition) is 2. The molecule has 0 radical (unpaired) electrons. The molecule has 0 aliphatic carbocycles. The van der Waals surface area contributed by atoms with Gasteiger partial charge in [-0.1, -0.05) is 25.7 Å². The first-order valence-corrected chi connectivity index (χ1v) is 11.4. The van der Waals surface area contributed by atoms with Crippen molar-refractivity contribution >= 4 is 24.9 Å². The molecule has 4 nitrogen and oxygen atoms in total. The predicted octanol–water partition coefficient (Wildman–Crippen LogP) is 3.67. The average molecular weight is 318 g/mol. The van der Waals surface area contributed by atoms with Crippen molar-refractivity contribution in [2.24, 2.45) is 5.73 Å². The summed E-state index contributed by atoms with van der Waals surface area (Å²) in [7, 11) is -1.09. The van der Waals surface area contributed by atoms with Gasteiger partial charge in [-0.25, -0.2) is 0 Å². The van der Waals surface area contributed by atoms with E-state index in [2.05, 4.69) is 25.7 Å². The van der Waals surface area contributed by atoms with Crippen molar-refractivity contribution in [3.8, 4) is 0 Å². The van der Waals surface area contributed by atoms with Crippen molar-refractivity contribution in [3.63, 3.8) is 0 Å². The molecule has 120 valence electrons. The van der Waals surface area contributed by atoms with Gasteiger partial charge in [-0.15, -0.1) is 0 Å². The lowest BCUT2D eigenvalue weighted by Crippen LogP contribution is -2.22. The molecule has 0 unspecified atom stereocenters. The number of amides is 1. The van der Waals surface area contributed by atoms with Gasteiger partial charge in [0.05, 0.1) is 11.1 Å². The summed E-state index contributed by atoms with van der Waals surface area (Å²) in [6.07, 6.45) is 0. The van der Waals surface area contributed by atoms with Crippen LogP contribution in [0.5, 0.6) is 0 Å². The number of carbonyl (C=O) groups excluding carboxylic acids is 1. The van der Waals surface area contributed by atoms with Gasteiger partial charge in [0.15, 0.2) is 0 Å². The topological polar surface area (TPSA) is 57.2 Å². The summed E-state index contributed by atoms with van der Waals surface area (Å²) in [6.45, 7) is 12.3. The molecule has 2 N–H and O–H groups in total. The lowest BCUT2D eigenvalue weighted by atomic mass is 10.1. The van der Waals surface area contributed by atoms with Crippen molar-refractivity contribution in [1.29, 1.82) is 0 Å². The number of carbonyl (C=O) groups is 1. The highest BCUT2D eigenvalue weighted by Crippen LogP contribution is 2.26. The van der Waals surface area contributed by atoms with E-state index in [1.165, 1.54) is 0 Å². The number of nitrogens with two attached hydrogens (primary N) is 1. The molecule has 1 amide bonds. The first-order valence-electron chi connectivity index (χ1n) is 7.68. The molecule has 2 aromatic rings. The van der Waals surface area contributed by atoms with Gasteiger partial charge in [0.1, 0.15) is 6.73 Å². The van der Waals surface area contributed by atoms with Gasteiger partial charge in [-0.3, -0.25) is 4.79 Å². The Kier molecular flexibility index (Phi) is 4.77. The molecule has 1 heterocycles. The molecule has 0 fully saturated rings. The van der Waals surface area contributed by atoms with E-state index in [1.54, 1.807) is 6.07 Å². The molecule has 22 heavy (non-hydrogen) atoms. The van der Waals surface area contributed by atoms with Crippen LogP contribution in [-0.4, -0.2) is 25.2 Å².